The Morgan fingerprint density at radius 2 is 1.60 bits per heavy atom. The number of anilines is 2. The Hall–Kier alpha value is -4.57. The molecule has 0 unspecified atom stereocenters. The summed E-state index contributed by atoms with van der Waals surface area (Å²) in [5, 5.41) is 9.16. The summed E-state index contributed by atoms with van der Waals surface area (Å²) >= 11 is 0. The van der Waals surface area contributed by atoms with Crippen LogP contribution in [0.2, 0.25) is 0 Å². The summed E-state index contributed by atoms with van der Waals surface area (Å²) in [5.74, 6) is 0.307. The van der Waals surface area contributed by atoms with E-state index in [9.17, 15) is 19.2 Å². The Labute approximate surface area is 295 Å². The first kappa shape index (κ1) is 35.3. The van der Waals surface area contributed by atoms with Gasteiger partial charge in [-0.15, -0.1) is 0 Å². The molecule has 3 aromatic rings. The number of hydrogen-bond donors (Lipinski definition) is 3. The second-order valence-electron chi connectivity index (χ2n) is 14.2. The second-order valence-corrected chi connectivity index (χ2v) is 14.2. The fraction of sp³-hybridized carbons (Fsp3) is 0.475. The number of carbonyl (C=O) groups is 4. The topological polar surface area (TPSA) is 124 Å². The first-order valence-corrected chi connectivity index (χ1v) is 18.2. The van der Waals surface area contributed by atoms with Gasteiger partial charge in [0.25, 0.3) is 0 Å². The quantitative estimate of drug-likeness (QED) is 0.238. The first-order chi connectivity index (χ1) is 24.3. The van der Waals surface area contributed by atoms with Crippen LogP contribution in [0.1, 0.15) is 74.1 Å². The predicted octanol–water partition coefficient (Wildman–Crippen LogP) is 5.33. The van der Waals surface area contributed by atoms with Gasteiger partial charge < -0.3 is 25.8 Å². The van der Waals surface area contributed by atoms with E-state index in [-0.39, 0.29) is 42.0 Å². The van der Waals surface area contributed by atoms with E-state index < -0.39 is 5.41 Å². The van der Waals surface area contributed by atoms with Crippen LogP contribution in [0.15, 0.2) is 66.9 Å². The lowest BCUT2D eigenvalue weighted by Gasteiger charge is -2.43. The van der Waals surface area contributed by atoms with Gasteiger partial charge in [-0.2, -0.15) is 0 Å². The Balaban J connectivity index is 1.15. The van der Waals surface area contributed by atoms with Crippen LogP contribution in [0.5, 0.6) is 0 Å². The fourth-order valence-corrected chi connectivity index (χ4v) is 8.04. The standard InChI is InChI=1S/C40H50N6O4/c1-3-40(17-20-45(21-18-40)38(49)28-10-4-5-11-28)39(50)46(26-31-13-7-6-12-30(31)25-41-2)27-36(47)43-34-16-15-29-22-33(23-32(29)24-34)37(48)44-35-14-8-9-19-42-35/h6-9,12-16,19,24,28,33,41H,3-5,10-11,17-18,20-23,25-27H2,1-2H3,(H,43,47)(H,42,44,48)/t33-/m1/s1. The van der Waals surface area contributed by atoms with Gasteiger partial charge in [0.2, 0.25) is 23.6 Å². The molecule has 1 atom stereocenters. The highest BCUT2D eigenvalue weighted by molar-refractivity contribution is 5.96. The Morgan fingerprint density at radius 3 is 2.30 bits per heavy atom. The molecule has 2 heterocycles. The van der Waals surface area contributed by atoms with Crippen molar-refractivity contribution >= 4 is 35.1 Å². The molecule has 0 spiro atoms. The molecule has 50 heavy (non-hydrogen) atoms. The predicted molar refractivity (Wildman–Crippen MR) is 194 cm³/mol. The summed E-state index contributed by atoms with van der Waals surface area (Å²) in [4.78, 5) is 62.4. The molecule has 2 fully saturated rings. The van der Waals surface area contributed by atoms with Crippen molar-refractivity contribution in [1.29, 1.82) is 0 Å². The number of amides is 4. The molecule has 1 saturated heterocycles. The Morgan fingerprint density at radius 1 is 0.880 bits per heavy atom. The molecule has 10 nitrogen and oxygen atoms in total. The molecule has 1 saturated carbocycles. The number of likely N-dealkylation sites (tertiary alicyclic amines) is 1. The van der Waals surface area contributed by atoms with E-state index in [1.54, 1.807) is 23.2 Å². The number of benzene rings is 2. The van der Waals surface area contributed by atoms with Gasteiger partial charge in [-0.3, -0.25) is 19.2 Å². The maximum atomic E-state index is 14.6. The van der Waals surface area contributed by atoms with E-state index in [4.69, 9.17) is 0 Å². The lowest BCUT2D eigenvalue weighted by Crippen LogP contribution is -2.53. The normalized spacial score (nSPS) is 18.4. The molecule has 6 rings (SSSR count). The van der Waals surface area contributed by atoms with E-state index in [0.717, 1.165) is 47.9 Å². The minimum absolute atomic E-state index is 0.0295. The maximum absolute atomic E-state index is 14.6. The summed E-state index contributed by atoms with van der Waals surface area (Å²) < 4.78 is 0. The molecule has 1 aromatic heterocycles. The van der Waals surface area contributed by atoms with Gasteiger partial charge in [0.15, 0.2) is 0 Å². The van der Waals surface area contributed by atoms with Crippen molar-refractivity contribution < 1.29 is 19.2 Å². The molecule has 0 radical (unpaired) electrons. The monoisotopic (exact) mass is 678 g/mol. The van der Waals surface area contributed by atoms with Crippen molar-refractivity contribution in [2.75, 3.05) is 37.3 Å². The van der Waals surface area contributed by atoms with Crippen molar-refractivity contribution in [2.24, 2.45) is 17.3 Å². The zero-order valence-electron chi connectivity index (χ0n) is 29.4. The van der Waals surface area contributed by atoms with Crippen LogP contribution in [0.3, 0.4) is 0 Å². The smallest absolute Gasteiger partial charge is 0.244 e. The van der Waals surface area contributed by atoms with E-state index in [1.807, 2.05) is 67.4 Å². The van der Waals surface area contributed by atoms with E-state index in [1.165, 1.54) is 0 Å². The Bertz CT molecular complexity index is 1680. The number of pyridine rings is 1. The van der Waals surface area contributed by atoms with Gasteiger partial charge in [-0.25, -0.2) is 4.98 Å². The van der Waals surface area contributed by atoms with Gasteiger partial charge in [0.1, 0.15) is 12.4 Å². The molecule has 0 bridgehead atoms. The summed E-state index contributed by atoms with van der Waals surface area (Å²) in [5.41, 5.74) is 4.20. The van der Waals surface area contributed by atoms with Crippen LogP contribution >= 0.6 is 0 Å². The molecule has 3 N–H and O–H groups in total. The minimum Gasteiger partial charge on any atom is -0.342 e. The highest BCUT2D eigenvalue weighted by atomic mass is 16.2. The third kappa shape index (κ3) is 8.07. The average molecular weight is 679 g/mol. The summed E-state index contributed by atoms with van der Waals surface area (Å²) in [6, 6.07) is 19.2. The minimum atomic E-state index is -0.636. The number of aromatic nitrogens is 1. The van der Waals surface area contributed by atoms with E-state index in [0.29, 0.717) is 69.8 Å². The lowest BCUT2D eigenvalue weighted by molar-refractivity contribution is -0.151. The second kappa shape index (κ2) is 16.0. The summed E-state index contributed by atoms with van der Waals surface area (Å²) in [6.45, 7) is 4.06. The van der Waals surface area contributed by atoms with Gasteiger partial charge in [-0.1, -0.05) is 56.2 Å². The molecule has 10 heteroatoms. The van der Waals surface area contributed by atoms with Crippen LogP contribution in [-0.2, 0) is 45.1 Å². The first-order valence-electron chi connectivity index (χ1n) is 18.2. The molecule has 2 aliphatic carbocycles. The van der Waals surface area contributed by atoms with Gasteiger partial charge in [0.05, 0.1) is 5.41 Å². The number of fused-ring (bicyclic) bond motifs is 1. The van der Waals surface area contributed by atoms with Crippen LogP contribution in [0.4, 0.5) is 11.5 Å². The van der Waals surface area contributed by atoms with Gasteiger partial charge in [-0.05, 0) is 98.5 Å². The SMILES string of the molecule is CCC1(C(=O)N(CC(=O)Nc2ccc3c(c2)C[C@H](C(=O)Nc2ccccn2)C3)Cc2ccccc2CNC)CCN(C(=O)C2CCCC2)CC1. The molecule has 3 aliphatic rings. The van der Waals surface area contributed by atoms with Crippen molar-refractivity contribution in [1.82, 2.24) is 20.1 Å². The molecule has 264 valence electrons. The Kier molecular flexibility index (Phi) is 11.3. The van der Waals surface area contributed by atoms with Crippen LogP contribution in [0, 0.1) is 17.3 Å². The number of hydrogen-bond acceptors (Lipinski definition) is 6. The maximum Gasteiger partial charge on any atom is 0.244 e. The number of rotatable bonds is 12. The zero-order valence-corrected chi connectivity index (χ0v) is 29.4. The van der Waals surface area contributed by atoms with Crippen molar-refractivity contribution in [3.05, 3.63) is 89.1 Å². The van der Waals surface area contributed by atoms with Crippen molar-refractivity contribution in [3.63, 3.8) is 0 Å². The number of piperidine rings is 1. The molecular formula is C40H50N6O4. The third-order valence-corrected chi connectivity index (χ3v) is 11.0. The number of nitrogens with zero attached hydrogens (tertiary/aromatic N) is 3. The molecular weight excluding hydrogens is 628 g/mol. The van der Waals surface area contributed by atoms with Gasteiger partial charge in [0, 0.05) is 49.9 Å². The van der Waals surface area contributed by atoms with Crippen molar-refractivity contribution in [3.8, 4) is 0 Å². The number of carbonyl (C=O) groups excluding carboxylic acids is 4. The van der Waals surface area contributed by atoms with E-state index >= 15 is 0 Å². The fourth-order valence-electron chi connectivity index (χ4n) is 8.04. The highest BCUT2D eigenvalue weighted by Crippen LogP contribution is 2.39. The molecule has 2 aromatic carbocycles. The molecule has 4 amide bonds. The lowest BCUT2D eigenvalue weighted by atomic mass is 9.74. The van der Waals surface area contributed by atoms with Crippen molar-refractivity contribution in [2.45, 2.75) is 77.8 Å². The van der Waals surface area contributed by atoms with E-state index in [2.05, 4.69) is 20.9 Å². The summed E-state index contributed by atoms with van der Waals surface area (Å²) in [6.07, 6.45) is 8.84. The summed E-state index contributed by atoms with van der Waals surface area (Å²) in [7, 11) is 1.89. The highest BCUT2D eigenvalue weighted by Gasteiger charge is 2.44. The molecule has 1 aliphatic heterocycles. The largest absolute Gasteiger partial charge is 0.342 e. The van der Waals surface area contributed by atoms with Crippen LogP contribution in [0.25, 0.3) is 0 Å². The van der Waals surface area contributed by atoms with Gasteiger partial charge >= 0.3 is 0 Å². The number of nitrogens with one attached hydrogen (secondary N) is 3. The average Bonchev–Trinajstić information content (AvgIpc) is 3.83. The van der Waals surface area contributed by atoms with Crippen LogP contribution in [-0.4, -0.2) is 65.1 Å². The third-order valence-electron chi connectivity index (χ3n) is 11.0. The van der Waals surface area contributed by atoms with Crippen LogP contribution < -0.4 is 16.0 Å². The zero-order chi connectivity index (χ0) is 35.1.